The molecule has 94 valence electrons. The fourth-order valence-corrected chi connectivity index (χ4v) is 1.46. The van der Waals surface area contributed by atoms with E-state index in [4.69, 9.17) is 10.4 Å². The summed E-state index contributed by atoms with van der Waals surface area (Å²) < 4.78 is 0. The maximum atomic E-state index is 11.7. The Morgan fingerprint density at radius 3 is 2.83 bits per heavy atom. The number of carbonyl (C=O) groups excluding carboxylic acids is 1. The molecule has 18 heavy (non-hydrogen) atoms. The third kappa shape index (κ3) is 4.66. The Kier molecular flexibility index (Phi) is 5.39. The summed E-state index contributed by atoms with van der Waals surface area (Å²) in [5.41, 5.74) is 1.27. The molecule has 0 aromatic heterocycles. The summed E-state index contributed by atoms with van der Waals surface area (Å²) in [6.45, 7) is 0.327. The quantitative estimate of drug-likeness (QED) is 0.741. The topological polar surface area (TPSA) is 90.2 Å². The van der Waals surface area contributed by atoms with Gasteiger partial charge in [0.2, 0.25) is 0 Å². The first-order valence-corrected chi connectivity index (χ1v) is 5.59. The van der Waals surface area contributed by atoms with Crippen LogP contribution in [0.5, 0.6) is 0 Å². The van der Waals surface area contributed by atoms with E-state index in [0.29, 0.717) is 18.5 Å². The molecule has 1 aromatic carbocycles. The first-order valence-electron chi connectivity index (χ1n) is 5.59. The van der Waals surface area contributed by atoms with Crippen molar-refractivity contribution in [3.63, 3.8) is 0 Å². The molecule has 0 bridgehead atoms. The second-order valence-corrected chi connectivity index (χ2v) is 3.79. The minimum atomic E-state index is -0.875. The number of amides is 1. The molecule has 0 fully saturated rings. The average molecular weight is 246 g/mol. The lowest BCUT2D eigenvalue weighted by Gasteiger charge is -2.05. The number of hydrogen-bond donors (Lipinski definition) is 2. The van der Waals surface area contributed by atoms with Gasteiger partial charge in [0, 0.05) is 18.5 Å². The van der Waals surface area contributed by atoms with Crippen LogP contribution in [0.15, 0.2) is 24.3 Å². The van der Waals surface area contributed by atoms with Crippen LogP contribution >= 0.6 is 0 Å². The fourth-order valence-electron chi connectivity index (χ4n) is 1.46. The summed E-state index contributed by atoms with van der Waals surface area (Å²) in [5.74, 6) is -1.12. The lowest BCUT2D eigenvalue weighted by Crippen LogP contribution is -2.24. The summed E-state index contributed by atoms with van der Waals surface area (Å²) in [6.07, 6.45) is 0.702. The molecule has 0 spiro atoms. The molecule has 5 nitrogen and oxygen atoms in total. The number of aliphatic carboxylic acids is 1. The highest BCUT2D eigenvalue weighted by atomic mass is 16.4. The molecule has 0 heterocycles. The van der Waals surface area contributed by atoms with Crippen molar-refractivity contribution in [2.75, 3.05) is 6.54 Å². The first kappa shape index (κ1) is 13.7. The van der Waals surface area contributed by atoms with Crippen molar-refractivity contribution in [1.82, 2.24) is 5.32 Å². The Morgan fingerprint density at radius 1 is 1.39 bits per heavy atom. The Labute approximate surface area is 105 Å². The van der Waals surface area contributed by atoms with Crippen molar-refractivity contribution in [2.45, 2.75) is 19.3 Å². The molecule has 1 amide bonds. The van der Waals surface area contributed by atoms with Crippen LogP contribution in [-0.4, -0.2) is 23.5 Å². The molecule has 0 atom stereocenters. The molecule has 0 radical (unpaired) electrons. The molecule has 5 heteroatoms. The first-order chi connectivity index (χ1) is 8.63. The molecule has 2 N–H and O–H groups in total. The van der Waals surface area contributed by atoms with Gasteiger partial charge in [-0.2, -0.15) is 5.26 Å². The number of carbonyl (C=O) groups is 2. The predicted octanol–water partition coefficient (Wildman–Crippen LogP) is 1.35. The molecule has 0 aliphatic heterocycles. The monoisotopic (exact) mass is 246 g/mol. The van der Waals surface area contributed by atoms with E-state index in [0.717, 1.165) is 5.56 Å². The average Bonchev–Trinajstić information content (AvgIpc) is 2.35. The smallest absolute Gasteiger partial charge is 0.303 e. The van der Waals surface area contributed by atoms with Gasteiger partial charge in [-0.25, -0.2) is 0 Å². The van der Waals surface area contributed by atoms with Gasteiger partial charge in [-0.05, 0) is 24.1 Å². The SMILES string of the molecule is N#CCc1cccc(C(=O)NCCCC(=O)O)c1. The number of hydrogen-bond acceptors (Lipinski definition) is 3. The summed E-state index contributed by atoms with van der Waals surface area (Å²) in [7, 11) is 0. The van der Waals surface area contributed by atoms with Crippen LogP contribution in [0, 0.1) is 11.3 Å². The Morgan fingerprint density at radius 2 is 2.17 bits per heavy atom. The van der Waals surface area contributed by atoms with Gasteiger partial charge in [-0.15, -0.1) is 0 Å². The number of benzene rings is 1. The number of carboxylic acids is 1. The maximum Gasteiger partial charge on any atom is 0.303 e. The zero-order valence-corrected chi connectivity index (χ0v) is 9.85. The third-order valence-corrected chi connectivity index (χ3v) is 2.33. The molecule has 1 aromatic rings. The maximum absolute atomic E-state index is 11.7. The van der Waals surface area contributed by atoms with Crippen LogP contribution < -0.4 is 5.32 Å². The molecule has 0 unspecified atom stereocenters. The van der Waals surface area contributed by atoms with E-state index in [1.165, 1.54) is 0 Å². The lowest BCUT2D eigenvalue weighted by atomic mass is 10.1. The van der Waals surface area contributed by atoms with Gasteiger partial charge in [0.05, 0.1) is 12.5 Å². The van der Waals surface area contributed by atoms with E-state index < -0.39 is 5.97 Å². The highest BCUT2D eigenvalue weighted by Crippen LogP contribution is 2.05. The van der Waals surface area contributed by atoms with Crippen LogP contribution in [0.25, 0.3) is 0 Å². The van der Waals surface area contributed by atoms with Gasteiger partial charge in [0.15, 0.2) is 0 Å². The summed E-state index contributed by atoms with van der Waals surface area (Å²) >= 11 is 0. The van der Waals surface area contributed by atoms with Crippen molar-refractivity contribution < 1.29 is 14.7 Å². The number of nitrogens with zero attached hydrogens (tertiary/aromatic N) is 1. The van der Waals surface area contributed by atoms with Gasteiger partial charge in [0.1, 0.15) is 0 Å². The van der Waals surface area contributed by atoms with Crippen LogP contribution in [0.2, 0.25) is 0 Å². The van der Waals surface area contributed by atoms with Gasteiger partial charge >= 0.3 is 5.97 Å². The van der Waals surface area contributed by atoms with Crippen LogP contribution in [-0.2, 0) is 11.2 Å². The van der Waals surface area contributed by atoms with Crippen LogP contribution in [0.3, 0.4) is 0 Å². The number of carboxylic acid groups (broad SMARTS) is 1. The second kappa shape index (κ2) is 7.07. The zero-order chi connectivity index (χ0) is 13.4. The highest BCUT2D eigenvalue weighted by Gasteiger charge is 2.05. The lowest BCUT2D eigenvalue weighted by molar-refractivity contribution is -0.137. The van der Waals surface area contributed by atoms with E-state index in [2.05, 4.69) is 5.32 Å². The minimum absolute atomic E-state index is 0.0365. The minimum Gasteiger partial charge on any atom is -0.481 e. The summed E-state index contributed by atoms with van der Waals surface area (Å²) in [6, 6.07) is 8.84. The Balaban J connectivity index is 2.48. The van der Waals surface area contributed by atoms with Crippen molar-refractivity contribution in [1.29, 1.82) is 5.26 Å². The highest BCUT2D eigenvalue weighted by molar-refractivity contribution is 5.94. The predicted molar refractivity (Wildman–Crippen MR) is 65.0 cm³/mol. The molecule has 0 saturated heterocycles. The van der Waals surface area contributed by atoms with E-state index in [-0.39, 0.29) is 18.7 Å². The second-order valence-electron chi connectivity index (χ2n) is 3.79. The molecular weight excluding hydrogens is 232 g/mol. The molecule has 0 aliphatic carbocycles. The van der Waals surface area contributed by atoms with Crippen LogP contribution in [0.4, 0.5) is 0 Å². The van der Waals surface area contributed by atoms with Crippen molar-refractivity contribution in [3.05, 3.63) is 35.4 Å². The van der Waals surface area contributed by atoms with Gasteiger partial charge < -0.3 is 10.4 Å². The molecule has 0 saturated carbocycles. The Hall–Kier alpha value is -2.35. The molecular formula is C13H14N2O3. The number of nitriles is 1. The van der Waals surface area contributed by atoms with E-state index in [9.17, 15) is 9.59 Å². The standard InChI is InChI=1S/C13H14N2O3/c14-7-6-10-3-1-4-11(9-10)13(18)15-8-2-5-12(16)17/h1,3-4,9H,2,5-6,8H2,(H,15,18)(H,16,17). The largest absolute Gasteiger partial charge is 0.481 e. The third-order valence-electron chi connectivity index (χ3n) is 2.33. The van der Waals surface area contributed by atoms with Crippen molar-refractivity contribution in [2.24, 2.45) is 0 Å². The molecule has 0 aliphatic rings. The van der Waals surface area contributed by atoms with Gasteiger partial charge in [-0.3, -0.25) is 9.59 Å². The van der Waals surface area contributed by atoms with Gasteiger partial charge in [-0.1, -0.05) is 12.1 Å². The van der Waals surface area contributed by atoms with Crippen molar-refractivity contribution in [3.8, 4) is 6.07 Å². The fraction of sp³-hybridized carbons (Fsp3) is 0.308. The zero-order valence-electron chi connectivity index (χ0n) is 9.85. The van der Waals surface area contributed by atoms with Crippen LogP contribution in [0.1, 0.15) is 28.8 Å². The van der Waals surface area contributed by atoms with Crippen molar-refractivity contribution >= 4 is 11.9 Å². The van der Waals surface area contributed by atoms with E-state index >= 15 is 0 Å². The number of nitrogens with one attached hydrogen (secondary N) is 1. The Bertz CT molecular complexity index is 477. The normalized spacial score (nSPS) is 9.50. The van der Waals surface area contributed by atoms with E-state index in [1.54, 1.807) is 24.3 Å². The summed E-state index contributed by atoms with van der Waals surface area (Å²) in [4.78, 5) is 22.0. The summed E-state index contributed by atoms with van der Waals surface area (Å²) in [5, 5.41) is 19.7. The molecule has 1 rings (SSSR count). The van der Waals surface area contributed by atoms with Gasteiger partial charge in [0.25, 0.3) is 5.91 Å². The number of rotatable bonds is 6. The van der Waals surface area contributed by atoms with E-state index in [1.807, 2.05) is 6.07 Å².